The van der Waals surface area contributed by atoms with Gasteiger partial charge >= 0.3 is 5.76 Å². The zero-order chi connectivity index (χ0) is 13.4. The molecule has 0 radical (unpaired) electrons. The average molecular weight is 258 g/mol. The van der Waals surface area contributed by atoms with Crippen molar-refractivity contribution in [3.63, 3.8) is 0 Å². The number of benzene rings is 1. The highest BCUT2D eigenvalue weighted by Gasteiger charge is 2.10. The largest absolute Gasteiger partial charge is 0.417 e. The number of oxazole rings is 1. The number of fused-ring (bicyclic) bond motifs is 1. The van der Waals surface area contributed by atoms with Gasteiger partial charge in [-0.2, -0.15) is 0 Å². The summed E-state index contributed by atoms with van der Waals surface area (Å²) >= 11 is 0. The number of hydrogen-bond donors (Lipinski definition) is 3. The van der Waals surface area contributed by atoms with Crippen LogP contribution in [0.15, 0.2) is 27.4 Å². The Hall–Kier alpha value is -2.34. The van der Waals surface area contributed by atoms with Gasteiger partial charge in [0, 0.05) is 11.3 Å². The van der Waals surface area contributed by atoms with E-state index in [1.807, 2.05) is 26.1 Å². The number of rotatable bonds is 3. The van der Waals surface area contributed by atoms with E-state index in [1.165, 1.54) is 0 Å². The molecule has 0 aliphatic heterocycles. The first-order valence-electron chi connectivity index (χ1n) is 6.00. The third kappa shape index (κ3) is 2.06. The highest BCUT2D eigenvalue weighted by Crippen LogP contribution is 2.24. The number of H-pyrrole nitrogens is 2. The molecule has 2 heterocycles. The van der Waals surface area contributed by atoms with Gasteiger partial charge in [0.05, 0.1) is 17.8 Å². The summed E-state index contributed by atoms with van der Waals surface area (Å²) < 4.78 is 4.98. The minimum absolute atomic E-state index is 0.443. The molecule has 0 aliphatic carbocycles. The van der Waals surface area contributed by atoms with Gasteiger partial charge in [-0.3, -0.25) is 4.98 Å². The Labute approximate surface area is 108 Å². The molecule has 3 N–H and O–H groups in total. The summed E-state index contributed by atoms with van der Waals surface area (Å²) in [5, 5.41) is 3.05. The topological polar surface area (TPSA) is 86.7 Å². The molecule has 0 saturated carbocycles. The maximum absolute atomic E-state index is 11.1. The van der Waals surface area contributed by atoms with Gasteiger partial charge in [0.25, 0.3) is 0 Å². The summed E-state index contributed by atoms with van der Waals surface area (Å²) in [6.45, 7) is 2.66. The number of nitrogens with one attached hydrogen (secondary N) is 3. The van der Waals surface area contributed by atoms with E-state index in [2.05, 4.69) is 20.3 Å². The van der Waals surface area contributed by atoms with Crippen molar-refractivity contribution in [1.82, 2.24) is 20.3 Å². The first-order chi connectivity index (χ1) is 9.17. The predicted molar refractivity (Wildman–Crippen MR) is 71.9 cm³/mol. The van der Waals surface area contributed by atoms with Crippen LogP contribution in [-0.2, 0) is 6.54 Å². The van der Waals surface area contributed by atoms with Crippen molar-refractivity contribution < 1.29 is 4.42 Å². The molecule has 0 aliphatic rings. The van der Waals surface area contributed by atoms with Crippen molar-refractivity contribution in [1.29, 1.82) is 0 Å². The number of aryl methyl sites for hydroxylation is 1. The molecule has 0 amide bonds. The predicted octanol–water partition coefficient (Wildman–Crippen LogP) is 1.54. The van der Waals surface area contributed by atoms with Gasteiger partial charge in [0.15, 0.2) is 5.58 Å². The smallest absolute Gasteiger partial charge is 0.408 e. The van der Waals surface area contributed by atoms with E-state index in [0.29, 0.717) is 17.6 Å². The lowest BCUT2D eigenvalue weighted by Crippen LogP contribution is -2.06. The molecule has 3 rings (SSSR count). The van der Waals surface area contributed by atoms with Gasteiger partial charge in [-0.05, 0) is 32.2 Å². The van der Waals surface area contributed by atoms with Crippen molar-refractivity contribution in [2.45, 2.75) is 13.5 Å². The number of aromatic nitrogens is 3. The zero-order valence-corrected chi connectivity index (χ0v) is 10.7. The summed E-state index contributed by atoms with van der Waals surface area (Å²) in [4.78, 5) is 21.6. The van der Waals surface area contributed by atoms with Gasteiger partial charge in [0.1, 0.15) is 5.82 Å². The SMILES string of the molecule is CNCc1nc(-c2ccc3oc(=O)[nH]c3c2)c(C)[nH]1. The summed E-state index contributed by atoms with van der Waals surface area (Å²) in [6.07, 6.45) is 0. The maximum Gasteiger partial charge on any atom is 0.417 e. The summed E-state index contributed by atoms with van der Waals surface area (Å²) in [7, 11) is 1.87. The van der Waals surface area contributed by atoms with E-state index in [-0.39, 0.29) is 0 Å². The Bertz CT molecular complexity index is 781. The van der Waals surface area contributed by atoms with Crippen LogP contribution in [0.2, 0.25) is 0 Å². The lowest BCUT2D eigenvalue weighted by Gasteiger charge is -1.98. The van der Waals surface area contributed by atoms with Gasteiger partial charge in [-0.25, -0.2) is 9.78 Å². The summed E-state index contributed by atoms with van der Waals surface area (Å²) in [6, 6.07) is 5.53. The van der Waals surface area contributed by atoms with Crippen molar-refractivity contribution in [3.05, 3.63) is 40.3 Å². The van der Waals surface area contributed by atoms with Crippen LogP contribution in [0.5, 0.6) is 0 Å². The van der Waals surface area contributed by atoms with Crippen LogP contribution in [-0.4, -0.2) is 22.0 Å². The van der Waals surface area contributed by atoms with E-state index in [4.69, 9.17) is 4.42 Å². The Morgan fingerprint density at radius 2 is 2.21 bits per heavy atom. The molecule has 0 atom stereocenters. The van der Waals surface area contributed by atoms with E-state index < -0.39 is 5.76 Å². The van der Waals surface area contributed by atoms with E-state index in [1.54, 1.807) is 6.07 Å². The number of imidazole rings is 1. The second kappa shape index (κ2) is 4.40. The van der Waals surface area contributed by atoms with Crippen LogP contribution >= 0.6 is 0 Å². The van der Waals surface area contributed by atoms with E-state index >= 15 is 0 Å². The second-order valence-electron chi connectivity index (χ2n) is 4.41. The average Bonchev–Trinajstić information content (AvgIpc) is 2.90. The number of nitrogens with zero attached hydrogens (tertiary/aromatic N) is 1. The molecular weight excluding hydrogens is 244 g/mol. The van der Waals surface area contributed by atoms with Crippen molar-refractivity contribution >= 4 is 11.1 Å². The Morgan fingerprint density at radius 3 is 3.00 bits per heavy atom. The number of hydrogen-bond acceptors (Lipinski definition) is 4. The molecule has 2 aromatic heterocycles. The third-order valence-electron chi connectivity index (χ3n) is 2.97. The maximum atomic E-state index is 11.1. The molecule has 0 unspecified atom stereocenters. The molecular formula is C13H14N4O2. The summed E-state index contributed by atoms with van der Waals surface area (Å²) in [5.74, 6) is 0.442. The first-order valence-corrected chi connectivity index (χ1v) is 6.00. The monoisotopic (exact) mass is 258 g/mol. The first kappa shape index (κ1) is 11.7. The van der Waals surface area contributed by atoms with Crippen molar-refractivity contribution in [2.24, 2.45) is 0 Å². The van der Waals surface area contributed by atoms with Crippen LogP contribution in [0, 0.1) is 6.92 Å². The van der Waals surface area contributed by atoms with Crippen LogP contribution in [0.1, 0.15) is 11.5 Å². The van der Waals surface area contributed by atoms with Gasteiger partial charge in [-0.1, -0.05) is 0 Å². The van der Waals surface area contributed by atoms with Crippen LogP contribution in [0.3, 0.4) is 0 Å². The van der Waals surface area contributed by atoms with Gasteiger partial charge in [0.2, 0.25) is 0 Å². The Balaban J connectivity index is 2.10. The minimum atomic E-state index is -0.443. The van der Waals surface area contributed by atoms with Crippen LogP contribution in [0.4, 0.5) is 0 Å². The highest BCUT2D eigenvalue weighted by atomic mass is 16.4. The van der Waals surface area contributed by atoms with Gasteiger partial charge in [-0.15, -0.1) is 0 Å². The molecule has 98 valence electrons. The second-order valence-corrected chi connectivity index (χ2v) is 4.41. The number of aromatic amines is 2. The van der Waals surface area contributed by atoms with Crippen LogP contribution in [0.25, 0.3) is 22.4 Å². The highest BCUT2D eigenvalue weighted by molar-refractivity contribution is 5.79. The van der Waals surface area contributed by atoms with E-state index in [9.17, 15) is 4.79 Å². The molecule has 0 bridgehead atoms. The van der Waals surface area contributed by atoms with Crippen molar-refractivity contribution in [3.8, 4) is 11.3 Å². The standard InChI is InChI=1S/C13H14N4O2/c1-7-12(17-11(15-7)6-14-2)8-3-4-10-9(5-8)16-13(18)19-10/h3-5,14H,6H2,1-2H3,(H,15,17)(H,16,18). The van der Waals surface area contributed by atoms with Crippen LogP contribution < -0.4 is 11.1 Å². The zero-order valence-electron chi connectivity index (χ0n) is 10.7. The third-order valence-corrected chi connectivity index (χ3v) is 2.97. The Kier molecular flexibility index (Phi) is 2.72. The summed E-state index contributed by atoms with van der Waals surface area (Å²) in [5.41, 5.74) is 4.06. The molecule has 0 spiro atoms. The molecule has 0 saturated heterocycles. The van der Waals surface area contributed by atoms with E-state index in [0.717, 1.165) is 22.8 Å². The quantitative estimate of drug-likeness (QED) is 0.665. The molecule has 0 fully saturated rings. The lowest BCUT2D eigenvalue weighted by atomic mass is 10.1. The molecule has 3 aromatic rings. The van der Waals surface area contributed by atoms with Gasteiger partial charge < -0.3 is 14.7 Å². The molecule has 6 nitrogen and oxygen atoms in total. The molecule has 1 aromatic carbocycles. The lowest BCUT2D eigenvalue weighted by molar-refractivity contribution is 0.555. The molecule has 6 heteroatoms. The fraction of sp³-hybridized carbons (Fsp3) is 0.231. The molecule has 19 heavy (non-hydrogen) atoms. The Morgan fingerprint density at radius 1 is 1.37 bits per heavy atom. The normalized spacial score (nSPS) is 11.3. The fourth-order valence-electron chi connectivity index (χ4n) is 2.15. The van der Waals surface area contributed by atoms with Crippen molar-refractivity contribution in [2.75, 3.05) is 7.05 Å². The fourth-order valence-corrected chi connectivity index (χ4v) is 2.15. The minimum Gasteiger partial charge on any atom is -0.408 e.